The topological polar surface area (TPSA) is 41.6 Å². The molecule has 186 valence electrons. The van der Waals surface area contributed by atoms with E-state index in [1.807, 2.05) is 18.2 Å². The Morgan fingerprint density at radius 1 is 1.03 bits per heavy atom. The van der Waals surface area contributed by atoms with Crippen LogP contribution in [0.3, 0.4) is 0 Å². The standard InChI is InChI=1S/C28H31ClF2N2O2/c1-28(2,3)21-10-8-20(9-11-21)18-33(26(34)24-17-22(29)12-13-25(24)32-4)15-14-19-6-5-7-23(16-19)35-27(30)31/h5-13,16-17,27,32H,14-15,18H2,1-4H3. The van der Waals surface area contributed by atoms with Crippen LogP contribution in [0.5, 0.6) is 5.75 Å². The molecule has 7 heteroatoms. The Balaban J connectivity index is 1.87. The SMILES string of the molecule is CNc1ccc(Cl)cc1C(=O)N(CCc1cccc(OC(F)F)c1)Cc1ccc(C(C)(C)C)cc1. The van der Waals surface area contributed by atoms with Gasteiger partial charge in [0.2, 0.25) is 0 Å². The molecule has 0 aliphatic heterocycles. The fraction of sp³-hybridized carbons (Fsp3) is 0.321. The summed E-state index contributed by atoms with van der Waals surface area (Å²) in [4.78, 5) is 15.4. The largest absolute Gasteiger partial charge is 0.435 e. The molecule has 0 bridgehead atoms. The maximum absolute atomic E-state index is 13.6. The van der Waals surface area contributed by atoms with E-state index in [4.69, 9.17) is 11.6 Å². The zero-order chi connectivity index (χ0) is 25.6. The monoisotopic (exact) mass is 500 g/mol. The molecule has 0 aliphatic rings. The van der Waals surface area contributed by atoms with Crippen molar-refractivity contribution in [2.24, 2.45) is 0 Å². The fourth-order valence-corrected chi connectivity index (χ4v) is 3.98. The molecule has 0 saturated carbocycles. The van der Waals surface area contributed by atoms with Crippen LogP contribution >= 0.6 is 11.6 Å². The van der Waals surface area contributed by atoms with Crippen molar-refractivity contribution in [2.45, 2.75) is 45.8 Å². The Morgan fingerprint density at radius 3 is 2.37 bits per heavy atom. The van der Waals surface area contributed by atoms with E-state index in [-0.39, 0.29) is 17.1 Å². The average molecular weight is 501 g/mol. The predicted molar refractivity (Wildman–Crippen MR) is 138 cm³/mol. The summed E-state index contributed by atoms with van der Waals surface area (Å²) >= 11 is 6.20. The van der Waals surface area contributed by atoms with Crippen LogP contribution in [0.15, 0.2) is 66.7 Å². The van der Waals surface area contributed by atoms with Crippen molar-refractivity contribution in [3.8, 4) is 5.75 Å². The highest BCUT2D eigenvalue weighted by atomic mass is 35.5. The van der Waals surface area contributed by atoms with Crippen molar-refractivity contribution < 1.29 is 18.3 Å². The van der Waals surface area contributed by atoms with E-state index >= 15 is 0 Å². The maximum atomic E-state index is 13.6. The minimum absolute atomic E-state index is 0.0296. The van der Waals surface area contributed by atoms with Crippen LogP contribution in [-0.2, 0) is 18.4 Å². The van der Waals surface area contributed by atoms with Crippen LogP contribution in [0.4, 0.5) is 14.5 Å². The lowest BCUT2D eigenvalue weighted by atomic mass is 9.87. The lowest BCUT2D eigenvalue weighted by Crippen LogP contribution is -2.33. The third-order valence-corrected chi connectivity index (χ3v) is 5.99. The normalized spacial score (nSPS) is 11.4. The van der Waals surface area contributed by atoms with E-state index in [1.54, 1.807) is 42.3 Å². The van der Waals surface area contributed by atoms with E-state index in [0.29, 0.717) is 35.8 Å². The van der Waals surface area contributed by atoms with Crippen LogP contribution in [0.1, 0.15) is 47.8 Å². The summed E-state index contributed by atoms with van der Waals surface area (Å²) in [5.74, 6) is -0.0720. The molecule has 0 radical (unpaired) electrons. The van der Waals surface area contributed by atoms with Gasteiger partial charge in [0.05, 0.1) is 5.56 Å². The number of halogens is 3. The molecule has 0 spiro atoms. The number of nitrogens with one attached hydrogen (secondary N) is 1. The predicted octanol–water partition coefficient (Wildman–Crippen LogP) is 7.17. The summed E-state index contributed by atoms with van der Waals surface area (Å²) in [6, 6.07) is 20.0. The summed E-state index contributed by atoms with van der Waals surface area (Å²) in [5, 5.41) is 3.52. The summed E-state index contributed by atoms with van der Waals surface area (Å²) < 4.78 is 29.8. The number of nitrogens with zero attached hydrogens (tertiary/aromatic N) is 1. The average Bonchev–Trinajstić information content (AvgIpc) is 2.81. The Bertz CT molecular complexity index is 1140. The van der Waals surface area contributed by atoms with Gasteiger partial charge in [-0.15, -0.1) is 0 Å². The summed E-state index contributed by atoms with van der Waals surface area (Å²) in [7, 11) is 1.75. The van der Waals surface area contributed by atoms with E-state index in [1.165, 1.54) is 11.6 Å². The molecule has 0 saturated heterocycles. The van der Waals surface area contributed by atoms with Crippen molar-refractivity contribution in [3.05, 3.63) is 94.0 Å². The van der Waals surface area contributed by atoms with Gasteiger partial charge in [0.15, 0.2) is 0 Å². The molecule has 3 aromatic carbocycles. The number of benzene rings is 3. The molecule has 0 heterocycles. The van der Waals surface area contributed by atoms with E-state index in [9.17, 15) is 13.6 Å². The highest BCUT2D eigenvalue weighted by molar-refractivity contribution is 6.31. The second-order valence-electron chi connectivity index (χ2n) is 9.39. The Kier molecular flexibility index (Phi) is 8.73. The lowest BCUT2D eigenvalue weighted by molar-refractivity contribution is -0.0498. The minimum Gasteiger partial charge on any atom is -0.435 e. The molecule has 4 nitrogen and oxygen atoms in total. The Labute approximate surface area is 210 Å². The summed E-state index contributed by atoms with van der Waals surface area (Å²) in [5.41, 5.74) is 4.18. The summed E-state index contributed by atoms with van der Waals surface area (Å²) in [6.45, 7) is 4.36. The molecule has 1 N–H and O–H groups in total. The number of alkyl halides is 2. The zero-order valence-corrected chi connectivity index (χ0v) is 21.2. The lowest BCUT2D eigenvalue weighted by Gasteiger charge is -2.25. The third-order valence-electron chi connectivity index (χ3n) is 5.76. The van der Waals surface area contributed by atoms with Gasteiger partial charge in [0, 0.05) is 30.8 Å². The number of ether oxygens (including phenoxy) is 1. The molecule has 3 aromatic rings. The van der Waals surface area contributed by atoms with Crippen molar-refractivity contribution >= 4 is 23.2 Å². The molecular formula is C28H31ClF2N2O2. The molecule has 0 aromatic heterocycles. The molecule has 0 aliphatic carbocycles. The van der Waals surface area contributed by atoms with Gasteiger partial charge < -0.3 is 15.0 Å². The van der Waals surface area contributed by atoms with Gasteiger partial charge in [-0.25, -0.2) is 0 Å². The molecule has 0 unspecified atom stereocenters. The van der Waals surface area contributed by atoms with Gasteiger partial charge in [-0.1, -0.05) is 68.8 Å². The van der Waals surface area contributed by atoms with Crippen molar-refractivity contribution in [1.82, 2.24) is 4.90 Å². The van der Waals surface area contributed by atoms with Gasteiger partial charge in [-0.2, -0.15) is 8.78 Å². The smallest absolute Gasteiger partial charge is 0.387 e. The van der Waals surface area contributed by atoms with Crippen LogP contribution < -0.4 is 10.1 Å². The number of carbonyl (C=O) groups is 1. The second-order valence-corrected chi connectivity index (χ2v) is 9.83. The van der Waals surface area contributed by atoms with Crippen molar-refractivity contribution in [1.29, 1.82) is 0 Å². The highest BCUT2D eigenvalue weighted by Crippen LogP contribution is 2.25. The van der Waals surface area contributed by atoms with Gasteiger partial charge in [0.25, 0.3) is 5.91 Å². The van der Waals surface area contributed by atoms with Crippen LogP contribution in [-0.4, -0.2) is 31.0 Å². The molecule has 3 rings (SSSR count). The van der Waals surface area contributed by atoms with Crippen LogP contribution in [0.25, 0.3) is 0 Å². The van der Waals surface area contributed by atoms with Gasteiger partial charge in [-0.05, 0) is 58.9 Å². The number of hydrogen-bond acceptors (Lipinski definition) is 3. The second kappa shape index (κ2) is 11.5. The van der Waals surface area contributed by atoms with E-state index < -0.39 is 6.61 Å². The van der Waals surface area contributed by atoms with E-state index in [0.717, 1.165) is 11.1 Å². The molecule has 35 heavy (non-hydrogen) atoms. The molecule has 1 amide bonds. The van der Waals surface area contributed by atoms with Gasteiger partial charge >= 0.3 is 6.61 Å². The zero-order valence-electron chi connectivity index (χ0n) is 20.4. The first kappa shape index (κ1) is 26.5. The first-order chi connectivity index (χ1) is 16.6. The highest BCUT2D eigenvalue weighted by Gasteiger charge is 2.21. The quantitative estimate of drug-likeness (QED) is 0.338. The number of amides is 1. The van der Waals surface area contributed by atoms with E-state index in [2.05, 4.69) is 43.0 Å². The molecule has 0 fully saturated rings. The molecule has 0 atom stereocenters. The number of anilines is 1. The maximum Gasteiger partial charge on any atom is 0.387 e. The van der Waals surface area contributed by atoms with Crippen molar-refractivity contribution in [2.75, 3.05) is 18.9 Å². The number of rotatable bonds is 9. The fourth-order valence-electron chi connectivity index (χ4n) is 3.81. The molecular weight excluding hydrogens is 470 g/mol. The number of carbonyl (C=O) groups excluding carboxylic acids is 1. The third kappa shape index (κ3) is 7.43. The van der Waals surface area contributed by atoms with Gasteiger partial charge in [0.1, 0.15) is 5.75 Å². The Morgan fingerprint density at radius 2 is 1.74 bits per heavy atom. The van der Waals surface area contributed by atoms with Gasteiger partial charge in [-0.3, -0.25) is 4.79 Å². The minimum atomic E-state index is -2.89. The Hall–Kier alpha value is -3.12. The first-order valence-corrected chi connectivity index (χ1v) is 11.8. The van der Waals surface area contributed by atoms with Crippen LogP contribution in [0.2, 0.25) is 5.02 Å². The summed E-state index contributed by atoms with van der Waals surface area (Å²) in [6.07, 6.45) is 0.474. The number of hydrogen-bond donors (Lipinski definition) is 1. The first-order valence-electron chi connectivity index (χ1n) is 11.5. The van der Waals surface area contributed by atoms with Crippen molar-refractivity contribution in [3.63, 3.8) is 0 Å². The van der Waals surface area contributed by atoms with Crippen LogP contribution in [0, 0.1) is 0 Å².